The molecule has 2 amide bonds. The molecule has 1 aliphatic heterocycles. The molecule has 40 heavy (non-hydrogen) atoms. The summed E-state index contributed by atoms with van der Waals surface area (Å²) < 4.78 is 22.4. The zero-order chi connectivity index (χ0) is 27.1. The van der Waals surface area contributed by atoms with Gasteiger partial charge in [-0.2, -0.15) is 0 Å². The van der Waals surface area contributed by atoms with Crippen LogP contribution in [0.25, 0.3) is 57.2 Å². The number of oxazole rings is 4. The number of fused-ring (bicyclic) bond motifs is 17. The highest BCUT2D eigenvalue weighted by atomic mass is 16.4. The second-order valence-electron chi connectivity index (χ2n) is 8.88. The molecule has 6 aromatic rings. The lowest BCUT2D eigenvalue weighted by atomic mass is 10.0. The fraction of sp³-hybridized carbons (Fsp3) is 0.0714. The molecule has 0 radical (unpaired) electrons. The Morgan fingerprint density at radius 2 is 1.07 bits per heavy atom. The second kappa shape index (κ2) is 9.51. The van der Waals surface area contributed by atoms with Gasteiger partial charge < -0.3 is 28.3 Å². The summed E-state index contributed by atoms with van der Waals surface area (Å²) in [6, 6.07) is 15.4. The van der Waals surface area contributed by atoms with Gasteiger partial charge in [0, 0.05) is 11.1 Å². The highest BCUT2D eigenvalue weighted by Crippen LogP contribution is 2.31. The molecular weight excluding hydrogens is 516 g/mol. The Kier molecular flexibility index (Phi) is 5.55. The molecule has 0 saturated carbocycles. The number of carbonyl (C=O) groups excluding carboxylic acids is 2. The summed E-state index contributed by atoms with van der Waals surface area (Å²) in [4.78, 5) is 42.4. The Balaban J connectivity index is 1.27. The summed E-state index contributed by atoms with van der Waals surface area (Å²) in [6.45, 7) is -0.186. The Bertz CT molecular complexity index is 1880. The van der Waals surface area contributed by atoms with E-state index in [1.54, 1.807) is 0 Å². The summed E-state index contributed by atoms with van der Waals surface area (Å²) in [7, 11) is 0. The number of nitrogens with one attached hydrogen (secondary N) is 2. The summed E-state index contributed by atoms with van der Waals surface area (Å²) in [5.41, 5.74) is 4.56. The van der Waals surface area contributed by atoms with Gasteiger partial charge in [-0.05, 0) is 35.4 Å². The van der Waals surface area contributed by atoms with Crippen LogP contribution in [-0.4, -0.2) is 38.3 Å². The van der Waals surface area contributed by atoms with Gasteiger partial charge in [0.2, 0.25) is 29.5 Å². The summed E-state index contributed by atoms with van der Waals surface area (Å²) >= 11 is 0. The van der Waals surface area contributed by atoms with Crippen LogP contribution in [-0.2, 0) is 11.3 Å². The van der Waals surface area contributed by atoms with E-state index >= 15 is 0 Å². The summed E-state index contributed by atoms with van der Waals surface area (Å²) in [6.07, 6.45) is 5.48. The molecule has 2 aromatic carbocycles. The maximum atomic E-state index is 12.5. The molecule has 0 spiro atoms. The van der Waals surface area contributed by atoms with E-state index in [9.17, 15) is 9.59 Å². The molecule has 0 fully saturated rings. The van der Waals surface area contributed by atoms with Crippen LogP contribution in [0.15, 0.2) is 91.3 Å². The zero-order valence-electron chi connectivity index (χ0n) is 20.6. The summed E-state index contributed by atoms with van der Waals surface area (Å²) in [5, 5.41) is 5.17. The minimum Gasteiger partial charge on any atom is -0.444 e. The fourth-order valence-corrected chi connectivity index (χ4v) is 4.18. The van der Waals surface area contributed by atoms with Crippen molar-refractivity contribution in [3.63, 3.8) is 0 Å². The molecule has 2 N–H and O–H groups in total. The number of hydrogen-bond donors (Lipinski definition) is 2. The third-order valence-corrected chi connectivity index (χ3v) is 6.16. The Labute approximate surface area is 225 Å². The normalized spacial score (nSPS) is 13.3. The van der Waals surface area contributed by atoms with Gasteiger partial charge in [0.25, 0.3) is 5.91 Å². The topological polar surface area (TPSA) is 162 Å². The van der Waals surface area contributed by atoms with E-state index in [0.717, 1.165) is 22.3 Å². The van der Waals surface area contributed by atoms with Crippen LogP contribution in [0.2, 0.25) is 0 Å². The van der Waals surface area contributed by atoms with Crippen LogP contribution >= 0.6 is 0 Å². The minimum absolute atomic E-state index is 0.00295. The maximum absolute atomic E-state index is 12.5. The van der Waals surface area contributed by atoms with Crippen LogP contribution in [0.4, 0.5) is 0 Å². The van der Waals surface area contributed by atoms with Gasteiger partial charge in [-0.15, -0.1) is 0 Å². The van der Waals surface area contributed by atoms with Crippen LogP contribution < -0.4 is 10.6 Å². The lowest BCUT2D eigenvalue weighted by Crippen LogP contribution is -2.36. The first-order valence-corrected chi connectivity index (χ1v) is 12.2. The first kappa shape index (κ1) is 23.3. The van der Waals surface area contributed by atoms with Crippen LogP contribution in [0.3, 0.4) is 0 Å². The van der Waals surface area contributed by atoms with Crippen molar-refractivity contribution in [3.05, 3.63) is 85.0 Å². The zero-order valence-corrected chi connectivity index (χ0v) is 20.6. The smallest absolute Gasteiger partial charge is 0.273 e. The third kappa shape index (κ3) is 4.43. The number of hydrogen-bond acceptors (Lipinski definition) is 10. The predicted molar refractivity (Wildman–Crippen MR) is 138 cm³/mol. The Morgan fingerprint density at radius 3 is 1.75 bits per heavy atom. The molecule has 12 nitrogen and oxygen atoms in total. The van der Waals surface area contributed by atoms with Gasteiger partial charge in [0.1, 0.15) is 25.1 Å². The lowest BCUT2D eigenvalue weighted by molar-refractivity contribution is -0.120. The third-order valence-electron chi connectivity index (χ3n) is 6.16. The number of nitrogens with zero attached hydrogens (tertiary/aromatic N) is 4. The molecule has 196 valence electrons. The number of amides is 2. The molecule has 0 saturated heterocycles. The highest BCUT2D eigenvalue weighted by molar-refractivity contribution is 5.95. The van der Waals surface area contributed by atoms with Gasteiger partial charge in [0.05, 0.1) is 18.8 Å². The maximum Gasteiger partial charge on any atom is 0.273 e. The van der Waals surface area contributed by atoms with Gasteiger partial charge in [-0.3, -0.25) is 9.59 Å². The Hall–Kier alpha value is -5.78. The molecule has 0 unspecified atom stereocenters. The van der Waals surface area contributed by atoms with E-state index in [1.807, 2.05) is 48.5 Å². The highest BCUT2D eigenvalue weighted by Gasteiger charge is 2.19. The van der Waals surface area contributed by atoms with E-state index in [-0.39, 0.29) is 30.6 Å². The minimum atomic E-state index is -0.580. The average Bonchev–Trinajstić information content (AvgIpc) is 3.80. The number of rotatable bonds is 0. The van der Waals surface area contributed by atoms with E-state index in [2.05, 4.69) is 30.6 Å². The molecular formula is C28H18N6O6. The first-order chi connectivity index (χ1) is 19.6. The second-order valence-corrected chi connectivity index (χ2v) is 8.88. The monoisotopic (exact) mass is 534 g/mol. The summed E-state index contributed by atoms with van der Waals surface area (Å²) in [5.74, 6) is 0.0971. The van der Waals surface area contributed by atoms with Crippen molar-refractivity contribution in [2.24, 2.45) is 0 Å². The van der Waals surface area contributed by atoms with Crippen molar-refractivity contribution in [2.75, 3.05) is 6.54 Å². The number of benzene rings is 2. The molecule has 1 aliphatic rings. The molecule has 5 heterocycles. The van der Waals surface area contributed by atoms with E-state index in [1.165, 1.54) is 25.1 Å². The number of carbonyl (C=O) groups is 2. The Morgan fingerprint density at radius 1 is 0.550 bits per heavy atom. The standard InChI is InChI=1S/C28H18N6O6/c35-23-10-30-24(36)20-12-40-28(32-20)22-14-39-26(34-22)18-6-2-4-16(8-18)15-3-1-5-17(7-15)25-33-21(13-38-25)27-31-19(9-29-23)11-37-27/h1-8,11-14H,9-10H2,(H,29,35)(H,30,36). The molecule has 7 rings (SSSR count). The van der Waals surface area contributed by atoms with Crippen molar-refractivity contribution in [3.8, 4) is 57.2 Å². The molecule has 0 atom stereocenters. The van der Waals surface area contributed by atoms with Gasteiger partial charge in [-0.1, -0.05) is 24.3 Å². The van der Waals surface area contributed by atoms with Gasteiger partial charge >= 0.3 is 0 Å². The first-order valence-electron chi connectivity index (χ1n) is 12.2. The lowest BCUT2D eigenvalue weighted by Gasteiger charge is -2.05. The van der Waals surface area contributed by atoms with Crippen molar-refractivity contribution in [1.82, 2.24) is 30.6 Å². The van der Waals surface area contributed by atoms with Crippen LogP contribution in [0, 0.1) is 0 Å². The van der Waals surface area contributed by atoms with Gasteiger partial charge in [-0.25, -0.2) is 19.9 Å². The van der Waals surface area contributed by atoms with E-state index < -0.39 is 11.8 Å². The molecule has 4 aromatic heterocycles. The SMILES string of the molecule is O=C1CNC(=O)c2coc(n2)-c2coc(n2)-c2cccc(c2)-c2cccc(c2)-c2nc(co2)-c2nc(co2)CN1. The largest absolute Gasteiger partial charge is 0.444 e. The van der Waals surface area contributed by atoms with E-state index in [4.69, 9.17) is 17.7 Å². The van der Waals surface area contributed by atoms with Crippen molar-refractivity contribution in [1.29, 1.82) is 0 Å². The molecule has 12 heteroatoms. The van der Waals surface area contributed by atoms with E-state index in [0.29, 0.717) is 28.9 Å². The van der Waals surface area contributed by atoms with Gasteiger partial charge in [0.15, 0.2) is 17.1 Å². The number of aromatic nitrogens is 4. The molecule has 12 bridgehead atoms. The quantitative estimate of drug-likeness (QED) is 0.287. The van der Waals surface area contributed by atoms with Crippen molar-refractivity contribution < 1.29 is 27.3 Å². The predicted octanol–water partition coefficient (Wildman–Crippen LogP) is 4.33. The fourth-order valence-electron chi connectivity index (χ4n) is 4.18. The molecule has 0 aliphatic carbocycles. The van der Waals surface area contributed by atoms with Crippen LogP contribution in [0.5, 0.6) is 0 Å². The average molecular weight is 534 g/mol. The van der Waals surface area contributed by atoms with Crippen LogP contribution in [0.1, 0.15) is 16.2 Å². The van der Waals surface area contributed by atoms with Crippen molar-refractivity contribution >= 4 is 11.8 Å². The van der Waals surface area contributed by atoms with Crippen molar-refractivity contribution in [2.45, 2.75) is 6.54 Å².